The van der Waals surface area contributed by atoms with E-state index < -0.39 is 0 Å². The normalized spacial score (nSPS) is 10.4. The van der Waals surface area contributed by atoms with Crippen LogP contribution in [0.15, 0.2) is 54.6 Å². The van der Waals surface area contributed by atoms with Crippen LogP contribution < -0.4 is 15.4 Å². The molecule has 0 bridgehead atoms. The van der Waals surface area contributed by atoms with Crippen LogP contribution >= 0.6 is 0 Å². The molecule has 1 amide bonds. The fraction of sp³-hybridized carbons (Fsp3) is 0.350. The Hall–Kier alpha value is -2.33. The molecule has 0 unspecified atom stereocenters. The van der Waals surface area contributed by atoms with Gasteiger partial charge in [-0.3, -0.25) is 4.79 Å². The summed E-state index contributed by atoms with van der Waals surface area (Å²) in [6.07, 6.45) is 2.37. The van der Waals surface area contributed by atoms with Crippen molar-refractivity contribution in [3.8, 4) is 5.75 Å². The summed E-state index contributed by atoms with van der Waals surface area (Å²) in [5.41, 5.74) is 2.60. The summed E-state index contributed by atoms with van der Waals surface area (Å²) in [7, 11) is 1.65. The molecule has 2 aromatic rings. The highest BCUT2D eigenvalue weighted by molar-refractivity contribution is 5.75. The molecule has 0 aliphatic carbocycles. The molecule has 0 aliphatic rings. The maximum Gasteiger partial charge on any atom is 0.221 e. The second-order valence-electron chi connectivity index (χ2n) is 5.68. The maximum atomic E-state index is 11.1. The number of carbonyl (C=O) groups excluding carboxylic acids is 1. The average molecular weight is 326 g/mol. The summed E-state index contributed by atoms with van der Waals surface area (Å²) in [6, 6.07) is 18.7. The van der Waals surface area contributed by atoms with Gasteiger partial charge in [-0.25, -0.2) is 0 Å². The molecular formula is C20H26N2O2. The van der Waals surface area contributed by atoms with Crippen LogP contribution in [-0.4, -0.2) is 32.7 Å². The highest BCUT2D eigenvalue weighted by Gasteiger charge is 1.99. The number of hydrogen-bond acceptors (Lipinski definition) is 3. The molecule has 0 aliphatic heterocycles. The van der Waals surface area contributed by atoms with Crippen LogP contribution in [-0.2, 0) is 11.2 Å². The third-order valence-electron chi connectivity index (χ3n) is 3.75. The van der Waals surface area contributed by atoms with E-state index in [1.165, 1.54) is 11.1 Å². The minimum Gasteiger partial charge on any atom is -0.494 e. The Kier molecular flexibility index (Phi) is 7.84. The van der Waals surface area contributed by atoms with E-state index >= 15 is 0 Å². The molecule has 24 heavy (non-hydrogen) atoms. The van der Waals surface area contributed by atoms with E-state index in [4.69, 9.17) is 4.74 Å². The minimum absolute atomic E-state index is 0.0642. The number of rotatable bonds is 10. The highest BCUT2D eigenvalue weighted by atomic mass is 16.5. The third kappa shape index (κ3) is 6.84. The SMILES string of the molecule is CNC(=O)CCNCCCOc1ccc(Cc2ccccc2)cc1. The zero-order valence-corrected chi connectivity index (χ0v) is 14.3. The van der Waals surface area contributed by atoms with Gasteiger partial charge in [-0.15, -0.1) is 0 Å². The standard InChI is InChI=1S/C20H26N2O2/c1-21-20(23)12-14-22-13-5-15-24-19-10-8-18(9-11-19)16-17-6-3-2-4-7-17/h2-4,6-11,22H,5,12-16H2,1H3,(H,21,23). The smallest absolute Gasteiger partial charge is 0.221 e. The molecule has 0 atom stereocenters. The van der Waals surface area contributed by atoms with E-state index in [0.717, 1.165) is 25.1 Å². The lowest BCUT2D eigenvalue weighted by Crippen LogP contribution is -2.25. The summed E-state index contributed by atoms with van der Waals surface area (Å²) >= 11 is 0. The molecule has 4 nitrogen and oxygen atoms in total. The van der Waals surface area contributed by atoms with Crippen molar-refractivity contribution in [2.24, 2.45) is 0 Å². The van der Waals surface area contributed by atoms with Gasteiger partial charge in [0.1, 0.15) is 5.75 Å². The van der Waals surface area contributed by atoms with Crippen molar-refractivity contribution in [3.05, 3.63) is 65.7 Å². The van der Waals surface area contributed by atoms with Crippen LogP contribution in [0.5, 0.6) is 5.75 Å². The van der Waals surface area contributed by atoms with Gasteiger partial charge in [0, 0.05) is 20.0 Å². The van der Waals surface area contributed by atoms with Crippen molar-refractivity contribution >= 4 is 5.91 Å². The first kappa shape index (κ1) is 18.0. The third-order valence-corrected chi connectivity index (χ3v) is 3.75. The van der Waals surface area contributed by atoms with Gasteiger partial charge in [0.2, 0.25) is 5.91 Å². The Labute approximate surface area is 144 Å². The zero-order chi connectivity index (χ0) is 17.0. The molecule has 2 N–H and O–H groups in total. The van der Waals surface area contributed by atoms with E-state index in [-0.39, 0.29) is 5.91 Å². The van der Waals surface area contributed by atoms with Crippen LogP contribution in [0.2, 0.25) is 0 Å². The lowest BCUT2D eigenvalue weighted by molar-refractivity contribution is -0.120. The van der Waals surface area contributed by atoms with Gasteiger partial charge in [-0.1, -0.05) is 42.5 Å². The molecule has 0 radical (unpaired) electrons. The minimum atomic E-state index is 0.0642. The van der Waals surface area contributed by atoms with Gasteiger partial charge in [0.15, 0.2) is 0 Å². The number of benzene rings is 2. The number of hydrogen-bond donors (Lipinski definition) is 2. The highest BCUT2D eigenvalue weighted by Crippen LogP contribution is 2.15. The Balaban J connectivity index is 1.61. The van der Waals surface area contributed by atoms with E-state index in [0.29, 0.717) is 19.6 Å². The van der Waals surface area contributed by atoms with E-state index in [2.05, 4.69) is 47.0 Å². The summed E-state index contributed by atoms with van der Waals surface area (Å²) in [6.45, 7) is 2.22. The molecule has 2 aromatic carbocycles. The van der Waals surface area contributed by atoms with Crippen molar-refractivity contribution < 1.29 is 9.53 Å². The number of ether oxygens (including phenoxy) is 1. The van der Waals surface area contributed by atoms with E-state index in [9.17, 15) is 4.79 Å². The first-order valence-electron chi connectivity index (χ1n) is 8.45. The molecule has 0 fully saturated rings. The molecule has 4 heteroatoms. The van der Waals surface area contributed by atoms with Crippen LogP contribution in [0.3, 0.4) is 0 Å². The predicted octanol–water partition coefficient (Wildman–Crippen LogP) is 2.77. The van der Waals surface area contributed by atoms with Crippen molar-refractivity contribution in [1.29, 1.82) is 0 Å². The van der Waals surface area contributed by atoms with Gasteiger partial charge in [-0.05, 0) is 42.6 Å². The van der Waals surface area contributed by atoms with Crippen LogP contribution in [0.25, 0.3) is 0 Å². The quantitative estimate of drug-likeness (QED) is 0.660. The fourth-order valence-electron chi connectivity index (χ4n) is 2.37. The Morgan fingerprint density at radius 3 is 2.38 bits per heavy atom. The number of amides is 1. The summed E-state index contributed by atoms with van der Waals surface area (Å²) in [5, 5.41) is 5.84. The lowest BCUT2D eigenvalue weighted by atomic mass is 10.1. The molecular weight excluding hydrogens is 300 g/mol. The van der Waals surface area contributed by atoms with Crippen molar-refractivity contribution in [2.45, 2.75) is 19.3 Å². The summed E-state index contributed by atoms with van der Waals surface area (Å²) < 4.78 is 5.74. The number of nitrogens with one attached hydrogen (secondary N) is 2. The first-order chi connectivity index (χ1) is 11.8. The van der Waals surface area contributed by atoms with Gasteiger partial charge in [0.25, 0.3) is 0 Å². The molecule has 128 valence electrons. The van der Waals surface area contributed by atoms with E-state index in [1.807, 2.05) is 18.2 Å². The predicted molar refractivity (Wildman–Crippen MR) is 97.4 cm³/mol. The van der Waals surface area contributed by atoms with Gasteiger partial charge < -0.3 is 15.4 Å². The maximum absolute atomic E-state index is 11.1. The molecule has 0 spiro atoms. The largest absolute Gasteiger partial charge is 0.494 e. The van der Waals surface area contributed by atoms with E-state index in [1.54, 1.807) is 7.05 Å². The molecule has 0 aromatic heterocycles. The first-order valence-corrected chi connectivity index (χ1v) is 8.45. The van der Waals surface area contributed by atoms with Crippen molar-refractivity contribution in [3.63, 3.8) is 0 Å². The second kappa shape index (κ2) is 10.4. The van der Waals surface area contributed by atoms with Gasteiger partial charge in [0.05, 0.1) is 6.61 Å². The molecule has 0 heterocycles. The van der Waals surface area contributed by atoms with Crippen LogP contribution in [0, 0.1) is 0 Å². The fourth-order valence-corrected chi connectivity index (χ4v) is 2.37. The summed E-state index contributed by atoms with van der Waals surface area (Å²) in [5.74, 6) is 0.964. The van der Waals surface area contributed by atoms with Crippen molar-refractivity contribution in [1.82, 2.24) is 10.6 Å². The summed E-state index contributed by atoms with van der Waals surface area (Å²) in [4.78, 5) is 11.1. The molecule has 0 saturated carbocycles. The van der Waals surface area contributed by atoms with Gasteiger partial charge in [-0.2, -0.15) is 0 Å². The Morgan fingerprint density at radius 1 is 0.958 bits per heavy atom. The topological polar surface area (TPSA) is 50.4 Å². The van der Waals surface area contributed by atoms with Gasteiger partial charge >= 0.3 is 0 Å². The number of carbonyl (C=O) groups is 1. The average Bonchev–Trinajstić information content (AvgIpc) is 2.63. The molecule has 0 saturated heterocycles. The van der Waals surface area contributed by atoms with Crippen LogP contribution in [0.1, 0.15) is 24.0 Å². The Morgan fingerprint density at radius 2 is 1.67 bits per heavy atom. The monoisotopic (exact) mass is 326 g/mol. The van der Waals surface area contributed by atoms with Crippen LogP contribution in [0.4, 0.5) is 0 Å². The molecule has 2 rings (SSSR count). The zero-order valence-electron chi connectivity index (χ0n) is 14.3. The lowest BCUT2D eigenvalue weighted by Gasteiger charge is -2.08. The Bertz CT molecular complexity index is 597. The van der Waals surface area contributed by atoms with Crippen molar-refractivity contribution in [2.75, 3.05) is 26.7 Å². The second-order valence-corrected chi connectivity index (χ2v) is 5.68.